The van der Waals surface area contributed by atoms with Crippen molar-refractivity contribution < 1.29 is 30.6 Å². The predicted octanol–water partition coefficient (Wildman–Crippen LogP) is 9.50. The molecule has 1 aliphatic heterocycles. The van der Waals surface area contributed by atoms with E-state index in [9.17, 15) is 5.11 Å². The molecule has 0 bridgehead atoms. The number of para-hydroxylation sites is 3. The second-order valence-electron chi connectivity index (χ2n) is 11.8. The summed E-state index contributed by atoms with van der Waals surface area (Å²) in [5.74, 6) is 0.294. The van der Waals surface area contributed by atoms with E-state index in [1.807, 2.05) is 60.7 Å². The Hall–Kier alpha value is -4.53. The average molecular weight is 753 g/mol. The van der Waals surface area contributed by atoms with Crippen molar-refractivity contribution in [2.75, 3.05) is 0 Å². The summed E-state index contributed by atoms with van der Waals surface area (Å²) >= 11 is 0. The van der Waals surface area contributed by atoms with Gasteiger partial charge in [-0.25, -0.2) is 0 Å². The van der Waals surface area contributed by atoms with Crippen LogP contribution in [0, 0.1) is 6.07 Å². The molecule has 8 rings (SSSR count). The molecule has 0 saturated carbocycles. The SMILES string of the molecule is CC1(C)C(c2cccc(CCc3nc(-c4[c-]ccc5c4oc4ccccc45)cc4ccccc34)c2O)=Nc2ccccc21.[Pt]. The summed E-state index contributed by atoms with van der Waals surface area (Å²) in [4.78, 5) is 10.1. The minimum atomic E-state index is -0.299. The standard InChI is InChI=1S/C39H29N2O2.Pt/c1-39(2)31-18-6-7-19-33(31)41-38(39)30-17-9-12-24(36(30)42)21-22-32-26-13-4-3-11-25(26)23-34(40-32)29-16-10-15-28-27-14-5-8-20-35(27)43-37(28)29;/h3-15,17-20,23,42H,21-22H2,1-2H3;/q-1;. The van der Waals surface area contributed by atoms with Crippen LogP contribution in [-0.4, -0.2) is 15.8 Å². The van der Waals surface area contributed by atoms with Crippen LogP contribution >= 0.6 is 0 Å². The van der Waals surface area contributed by atoms with Crippen LogP contribution in [0.15, 0.2) is 119 Å². The maximum absolute atomic E-state index is 11.6. The number of hydrogen-bond acceptors (Lipinski definition) is 4. The second-order valence-corrected chi connectivity index (χ2v) is 11.8. The second kappa shape index (κ2) is 10.9. The molecule has 0 spiro atoms. The van der Waals surface area contributed by atoms with Crippen LogP contribution in [0.2, 0.25) is 0 Å². The van der Waals surface area contributed by atoms with Gasteiger partial charge in [0, 0.05) is 48.5 Å². The van der Waals surface area contributed by atoms with Gasteiger partial charge in [-0.15, -0.1) is 18.2 Å². The first-order valence-corrected chi connectivity index (χ1v) is 14.7. The Bertz CT molecular complexity index is 2250. The van der Waals surface area contributed by atoms with Crippen LogP contribution in [0.3, 0.4) is 0 Å². The Morgan fingerprint density at radius 3 is 2.43 bits per heavy atom. The third-order valence-corrected chi connectivity index (χ3v) is 8.82. The number of rotatable bonds is 5. The van der Waals surface area contributed by atoms with Gasteiger partial charge in [0.25, 0.3) is 0 Å². The van der Waals surface area contributed by atoms with E-state index in [1.165, 1.54) is 5.56 Å². The van der Waals surface area contributed by atoms with Crippen LogP contribution in [-0.2, 0) is 39.3 Å². The van der Waals surface area contributed by atoms with E-state index < -0.39 is 0 Å². The summed E-state index contributed by atoms with van der Waals surface area (Å²) in [6.45, 7) is 4.34. The van der Waals surface area contributed by atoms with Crippen LogP contribution < -0.4 is 0 Å². The number of benzene rings is 5. The molecular weight excluding hydrogens is 724 g/mol. The Morgan fingerprint density at radius 2 is 1.57 bits per heavy atom. The van der Waals surface area contributed by atoms with E-state index in [0.717, 1.165) is 72.2 Å². The van der Waals surface area contributed by atoms with Crippen molar-refractivity contribution in [1.82, 2.24) is 4.98 Å². The van der Waals surface area contributed by atoms with Gasteiger partial charge in [-0.1, -0.05) is 104 Å². The molecular formula is C39H29N2O2Pt-. The number of aliphatic imine (C=N–C) groups is 1. The molecule has 4 nitrogen and oxygen atoms in total. The molecule has 0 aliphatic carbocycles. The number of pyridine rings is 1. The summed E-state index contributed by atoms with van der Waals surface area (Å²) in [6.07, 6.45) is 1.30. The third-order valence-electron chi connectivity index (χ3n) is 8.82. The molecule has 3 heterocycles. The number of aromatic hydroxyl groups is 1. The molecule has 2 aromatic heterocycles. The minimum Gasteiger partial charge on any atom is -0.507 e. The zero-order chi connectivity index (χ0) is 29.1. The molecule has 1 aliphatic rings. The topological polar surface area (TPSA) is 58.6 Å². The first-order valence-electron chi connectivity index (χ1n) is 14.7. The summed E-state index contributed by atoms with van der Waals surface area (Å²) in [5, 5.41) is 15.9. The zero-order valence-corrected chi connectivity index (χ0v) is 26.6. The fourth-order valence-electron chi connectivity index (χ4n) is 6.59. The van der Waals surface area contributed by atoms with Crippen LogP contribution in [0.4, 0.5) is 5.69 Å². The molecule has 7 aromatic rings. The predicted molar refractivity (Wildman–Crippen MR) is 174 cm³/mol. The number of phenols is 1. The zero-order valence-electron chi connectivity index (χ0n) is 24.4. The molecule has 0 fully saturated rings. The van der Waals surface area contributed by atoms with Crippen molar-refractivity contribution >= 4 is 44.1 Å². The molecule has 218 valence electrons. The largest absolute Gasteiger partial charge is 0.507 e. The number of nitrogens with zero attached hydrogens (tertiary/aromatic N) is 2. The molecule has 44 heavy (non-hydrogen) atoms. The van der Waals surface area contributed by atoms with Gasteiger partial charge in [0.1, 0.15) is 11.3 Å². The fraction of sp³-hybridized carbons (Fsp3) is 0.128. The normalized spacial score (nSPS) is 13.6. The summed E-state index contributed by atoms with van der Waals surface area (Å²) in [6, 6.07) is 40.2. The summed E-state index contributed by atoms with van der Waals surface area (Å²) in [7, 11) is 0. The van der Waals surface area contributed by atoms with Crippen molar-refractivity contribution in [3.05, 3.63) is 138 Å². The van der Waals surface area contributed by atoms with Gasteiger partial charge in [-0.2, -0.15) is 0 Å². The number of aromatic nitrogens is 1. The van der Waals surface area contributed by atoms with E-state index in [1.54, 1.807) is 0 Å². The van der Waals surface area contributed by atoms with Gasteiger partial charge in [0.2, 0.25) is 0 Å². The maximum atomic E-state index is 11.6. The van der Waals surface area contributed by atoms with Gasteiger partial charge in [-0.3, -0.25) is 4.99 Å². The van der Waals surface area contributed by atoms with E-state index in [-0.39, 0.29) is 26.5 Å². The van der Waals surface area contributed by atoms with E-state index in [4.69, 9.17) is 14.4 Å². The van der Waals surface area contributed by atoms with E-state index in [0.29, 0.717) is 18.6 Å². The monoisotopic (exact) mass is 752 g/mol. The van der Waals surface area contributed by atoms with E-state index >= 15 is 0 Å². The fourth-order valence-corrected chi connectivity index (χ4v) is 6.59. The van der Waals surface area contributed by atoms with Gasteiger partial charge in [0.05, 0.1) is 17.0 Å². The van der Waals surface area contributed by atoms with Crippen LogP contribution in [0.25, 0.3) is 44.0 Å². The Morgan fingerprint density at radius 1 is 0.795 bits per heavy atom. The Labute approximate surface area is 270 Å². The molecule has 0 radical (unpaired) electrons. The Kier molecular flexibility index (Phi) is 6.98. The molecule has 0 atom stereocenters. The number of furan rings is 1. The van der Waals surface area contributed by atoms with Crippen molar-refractivity contribution in [3.8, 4) is 17.0 Å². The summed E-state index contributed by atoms with van der Waals surface area (Å²) < 4.78 is 6.32. The molecule has 5 aromatic carbocycles. The first-order chi connectivity index (χ1) is 21.0. The van der Waals surface area contributed by atoms with Crippen molar-refractivity contribution in [2.24, 2.45) is 4.99 Å². The van der Waals surface area contributed by atoms with Crippen LogP contribution in [0.5, 0.6) is 5.75 Å². The number of aryl methyl sites for hydroxylation is 2. The average Bonchev–Trinajstić information content (AvgIpc) is 3.54. The van der Waals surface area contributed by atoms with Gasteiger partial charge in [0.15, 0.2) is 0 Å². The van der Waals surface area contributed by atoms with Gasteiger partial charge >= 0.3 is 0 Å². The third kappa shape index (κ3) is 4.48. The number of phenolic OH excluding ortho intramolecular Hbond substituents is 1. The van der Waals surface area contributed by atoms with E-state index in [2.05, 4.69) is 68.4 Å². The van der Waals surface area contributed by atoms with Crippen LogP contribution in [0.1, 0.15) is 36.2 Å². The summed E-state index contributed by atoms with van der Waals surface area (Å²) in [5.41, 5.74) is 8.73. The van der Waals surface area contributed by atoms with Gasteiger partial charge < -0.3 is 14.5 Å². The van der Waals surface area contributed by atoms with Gasteiger partial charge in [-0.05, 0) is 53.2 Å². The van der Waals surface area contributed by atoms with Crippen molar-refractivity contribution in [2.45, 2.75) is 32.1 Å². The molecule has 5 heteroatoms. The maximum Gasteiger partial charge on any atom is 0.127 e. The molecule has 0 unspecified atom stereocenters. The molecule has 0 amide bonds. The van der Waals surface area contributed by atoms with Crippen molar-refractivity contribution in [3.63, 3.8) is 0 Å². The number of fused-ring (bicyclic) bond motifs is 5. The molecule has 0 saturated heterocycles. The first kappa shape index (κ1) is 28.3. The minimum absolute atomic E-state index is 0. The number of hydrogen-bond donors (Lipinski definition) is 1. The van der Waals surface area contributed by atoms with Crippen molar-refractivity contribution in [1.29, 1.82) is 0 Å². The quantitative estimate of drug-likeness (QED) is 0.178. The molecule has 1 N–H and O–H groups in total. The Balaban J connectivity index is 0.00000312. The smallest absolute Gasteiger partial charge is 0.127 e.